The molecule has 0 aromatic carbocycles. The molecule has 0 spiro atoms. The first-order chi connectivity index (χ1) is 9.35. The number of ether oxygens (including phenoxy) is 1. The number of unbranched alkanes of at least 4 members (excludes halogenated alkanes) is 8. The molecule has 0 aromatic rings. The van der Waals surface area contributed by atoms with Crippen LogP contribution in [0.5, 0.6) is 0 Å². The van der Waals surface area contributed by atoms with Gasteiger partial charge in [-0.2, -0.15) is 0 Å². The van der Waals surface area contributed by atoms with E-state index in [9.17, 15) is 0 Å². The van der Waals surface area contributed by atoms with Crippen LogP contribution >= 0.6 is 15.9 Å². The van der Waals surface area contributed by atoms with E-state index in [1.165, 1.54) is 51.4 Å². The number of hydrogen-bond donors (Lipinski definition) is 1. The molecule has 0 amide bonds. The van der Waals surface area contributed by atoms with Gasteiger partial charge in [0.05, 0.1) is 6.10 Å². The zero-order chi connectivity index (χ0) is 14.2. The molecule has 116 valence electrons. The highest BCUT2D eigenvalue weighted by molar-refractivity contribution is 9.09. The lowest BCUT2D eigenvalue weighted by Crippen LogP contribution is -2.15. The maximum absolute atomic E-state index is 8.69. The molecule has 1 atom stereocenters. The van der Waals surface area contributed by atoms with Gasteiger partial charge in [0.2, 0.25) is 0 Å². The molecule has 3 heteroatoms. The van der Waals surface area contributed by atoms with E-state index >= 15 is 0 Å². The summed E-state index contributed by atoms with van der Waals surface area (Å²) >= 11 is 3.55. The van der Waals surface area contributed by atoms with Crippen LogP contribution in [0.15, 0.2) is 0 Å². The lowest BCUT2D eigenvalue weighted by Gasteiger charge is -2.15. The molecule has 2 nitrogen and oxygen atoms in total. The fraction of sp³-hybridized carbons (Fsp3) is 1.00. The predicted octanol–water partition coefficient (Wildman–Crippen LogP) is 5.07. The van der Waals surface area contributed by atoms with Gasteiger partial charge in [0.1, 0.15) is 0 Å². The van der Waals surface area contributed by atoms with Gasteiger partial charge in [-0.25, -0.2) is 0 Å². The monoisotopic (exact) mass is 336 g/mol. The first-order valence-corrected chi connectivity index (χ1v) is 9.25. The maximum Gasteiger partial charge on any atom is 0.0671 e. The highest BCUT2D eigenvalue weighted by Gasteiger charge is 2.06. The topological polar surface area (TPSA) is 29.5 Å². The fourth-order valence-electron chi connectivity index (χ4n) is 2.17. The Bertz CT molecular complexity index is 149. The number of aliphatic hydroxyl groups excluding tert-OH is 1. The van der Waals surface area contributed by atoms with Gasteiger partial charge in [-0.3, -0.25) is 0 Å². The number of halogens is 1. The second-order valence-corrected chi connectivity index (χ2v) is 5.99. The smallest absolute Gasteiger partial charge is 0.0671 e. The van der Waals surface area contributed by atoms with Crippen LogP contribution in [0.4, 0.5) is 0 Å². The average molecular weight is 337 g/mol. The van der Waals surface area contributed by atoms with Crippen LogP contribution in [0.2, 0.25) is 0 Å². The molecule has 0 fully saturated rings. The van der Waals surface area contributed by atoms with E-state index in [-0.39, 0.29) is 0 Å². The highest BCUT2D eigenvalue weighted by atomic mass is 79.9. The maximum atomic E-state index is 8.69. The minimum Gasteiger partial charge on any atom is -0.396 e. The van der Waals surface area contributed by atoms with Crippen molar-refractivity contribution < 1.29 is 9.84 Å². The third-order valence-electron chi connectivity index (χ3n) is 3.46. The van der Waals surface area contributed by atoms with E-state index in [2.05, 4.69) is 22.9 Å². The third-order valence-corrected chi connectivity index (χ3v) is 4.18. The Balaban J connectivity index is 3.30. The molecular weight excluding hydrogens is 304 g/mol. The summed E-state index contributed by atoms with van der Waals surface area (Å²) in [5.41, 5.74) is 0. The van der Waals surface area contributed by atoms with Crippen LogP contribution in [-0.4, -0.2) is 29.8 Å². The van der Waals surface area contributed by atoms with Gasteiger partial charge in [0.15, 0.2) is 0 Å². The fourth-order valence-corrected chi connectivity index (χ4v) is 2.69. The van der Waals surface area contributed by atoms with Crippen LogP contribution in [0.1, 0.15) is 77.6 Å². The third kappa shape index (κ3) is 14.6. The Morgan fingerprint density at radius 3 is 2.21 bits per heavy atom. The zero-order valence-electron chi connectivity index (χ0n) is 12.7. The Labute approximate surface area is 128 Å². The van der Waals surface area contributed by atoms with E-state index < -0.39 is 0 Å². The molecule has 0 rings (SSSR count). The van der Waals surface area contributed by atoms with Gasteiger partial charge in [-0.1, -0.05) is 74.2 Å². The van der Waals surface area contributed by atoms with Gasteiger partial charge in [-0.15, -0.1) is 0 Å². The van der Waals surface area contributed by atoms with Crippen molar-refractivity contribution in [3.8, 4) is 0 Å². The van der Waals surface area contributed by atoms with Gasteiger partial charge in [0, 0.05) is 18.5 Å². The molecule has 0 radical (unpaired) electrons. The summed E-state index contributed by atoms with van der Waals surface area (Å²) in [5, 5.41) is 9.64. The van der Waals surface area contributed by atoms with Gasteiger partial charge in [0.25, 0.3) is 0 Å². The number of hydrogen-bond acceptors (Lipinski definition) is 2. The van der Waals surface area contributed by atoms with Crippen LogP contribution in [-0.2, 0) is 4.74 Å². The van der Waals surface area contributed by atoms with E-state index in [0.717, 1.165) is 31.2 Å². The van der Waals surface area contributed by atoms with Crippen molar-refractivity contribution in [1.82, 2.24) is 0 Å². The molecule has 0 bridgehead atoms. The summed E-state index contributed by atoms with van der Waals surface area (Å²) in [5.74, 6) is 0. The van der Waals surface area contributed by atoms with Crippen LogP contribution in [0, 0.1) is 0 Å². The Morgan fingerprint density at radius 2 is 1.53 bits per heavy atom. The lowest BCUT2D eigenvalue weighted by molar-refractivity contribution is 0.0594. The number of rotatable bonds is 15. The first kappa shape index (κ1) is 19.4. The molecule has 1 N–H and O–H groups in total. The lowest BCUT2D eigenvalue weighted by atomic mass is 10.1. The van der Waals surface area contributed by atoms with Crippen molar-refractivity contribution in [3.05, 3.63) is 0 Å². The Morgan fingerprint density at radius 1 is 0.895 bits per heavy atom. The molecular formula is C16H33BrO2. The summed E-state index contributed by atoms with van der Waals surface area (Å²) < 4.78 is 5.89. The summed E-state index contributed by atoms with van der Waals surface area (Å²) in [4.78, 5) is 0. The Kier molecular flexibility index (Phi) is 16.8. The summed E-state index contributed by atoms with van der Waals surface area (Å²) in [6.07, 6.45) is 14.1. The summed E-state index contributed by atoms with van der Waals surface area (Å²) in [6.45, 7) is 3.45. The van der Waals surface area contributed by atoms with Crippen molar-refractivity contribution in [3.63, 3.8) is 0 Å². The van der Waals surface area contributed by atoms with E-state index in [1.54, 1.807) is 0 Å². The standard InChI is InChI=1S/C16H33BrO2/c1-2-3-4-5-6-9-12-16(15-17)19-14-11-8-7-10-13-18/h16,18H,2-15H2,1H3. The molecule has 19 heavy (non-hydrogen) atoms. The van der Waals surface area contributed by atoms with Gasteiger partial charge >= 0.3 is 0 Å². The van der Waals surface area contributed by atoms with Crippen LogP contribution in [0.25, 0.3) is 0 Å². The summed E-state index contributed by atoms with van der Waals surface area (Å²) in [6, 6.07) is 0. The molecule has 0 saturated carbocycles. The van der Waals surface area contributed by atoms with Crippen molar-refractivity contribution in [2.24, 2.45) is 0 Å². The van der Waals surface area contributed by atoms with Crippen molar-refractivity contribution in [2.45, 2.75) is 83.7 Å². The minimum absolute atomic E-state index is 0.322. The van der Waals surface area contributed by atoms with Crippen LogP contribution in [0.3, 0.4) is 0 Å². The Hall–Kier alpha value is 0.400. The SMILES string of the molecule is CCCCCCCCC(CBr)OCCCCCCO. The molecule has 0 aliphatic carbocycles. The van der Waals surface area contributed by atoms with Crippen molar-refractivity contribution >= 4 is 15.9 Å². The van der Waals surface area contributed by atoms with Crippen LogP contribution < -0.4 is 0 Å². The second kappa shape index (κ2) is 16.5. The molecule has 0 saturated heterocycles. The number of aliphatic hydroxyl groups is 1. The normalized spacial score (nSPS) is 12.8. The number of alkyl halides is 1. The van der Waals surface area contributed by atoms with Crippen molar-refractivity contribution in [2.75, 3.05) is 18.5 Å². The zero-order valence-corrected chi connectivity index (χ0v) is 14.3. The minimum atomic E-state index is 0.322. The molecule has 0 aromatic heterocycles. The largest absolute Gasteiger partial charge is 0.396 e. The van der Waals surface area contributed by atoms with E-state index in [4.69, 9.17) is 9.84 Å². The van der Waals surface area contributed by atoms with Crippen molar-refractivity contribution in [1.29, 1.82) is 0 Å². The molecule has 1 unspecified atom stereocenters. The predicted molar refractivity (Wildman–Crippen MR) is 87.1 cm³/mol. The second-order valence-electron chi connectivity index (χ2n) is 5.34. The molecule has 0 aliphatic rings. The first-order valence-electron chi connectivity index (χ1n) is 8.13. The average Bonchev–Trinajstić information content (AvgIpc) is 2.44. The summed E-state index contributed by atoms with van der Waals surface area (Å²) in [7, 11) is 0. The van der Waals surface area contributed by atoms with E-state index in [0.29, 0.717) is 12.7 Å². The molecule has 0 heterocycles. The van der Waals surface area contributed by atoms with Gasteiger partial charge in [-0.05, 0) is 19.3 Å². The quantitative estimate of drug-likeness (QED) is 0.334. The van der Waals surface area contributed by atoms with E-state index in [1.807, 2.05) is 0 Å². The highest BCUT2D eigenvalue weighted by Crippen LogP contribution is 2.12. The van der Waals surface area contributed by atoms with Gasteiger partial charge < -0.3 is 9.84 Å². The molecule has 0 aliphatic heterocycles.